The van der Waals surface area contributed by atoms with E-state index >= 15 is 0 Å². The molecule has 2 atom stereocenters. The molecule has 2 unspecified atom stereocenters. The van der Waals surface area contributed by atoms with Crippen molar-refractivity contribution < 1.29 is 4.79 Å². The Hall–Kier alpha value is -0.670. The van der Waals surface area contributed by atoms with Gasteiger partial charge in [-0.3, -0.25) is 4.79 Å². The summed E-state index contributed by atoms with van der Waals surface area (Å²) in [6, 6.07) is 2.17. The molecule has 2 nitrogen and oxygen atoms in total. The Morgan fingerprint density at radius 3 is 2.75 bits per heavy atom. The second kappa shape index (κ2) is 6.40. The van der Waals surface area contributed by atoms with Crippen LogP contribution in [-0.4, -0.2) is 24.3 Å². The average Bonchev–Trinajstić information content (AvgIpc) is 2.83. The van der Waals surface area contributed by atoms with E-state index in [2.05, 4.69) is 49.5 Å². The van der Waals surface area contributed by atoms with Gasteiger partial charge >= 0.3 is 0 Å². The third-order valence-corrected chi connectivity index (χ3v) is 5.29. The summed E-state index contributed by atoms with van der Waals surface area (Å²) in [4.78, 5) is 14.5. The Morgan fingerprint density at radius 1 is 1.40 bits per heavy atom. The number of rotatable bonds is 4. The van der Waals surface area contributed by atoms with Gasteiger partial charge in [-0.2, -0.15) is 11.3 Å². The number of carbonyl (C=O) groups excluding carboxylic acids is 1. The minimum atomic E-state index is 0.233. The molecule has 0 radical (unpaired) electrons. The van der Waals surface area contributed by atoms with Crippen molar-refractivity contribution in [1.29, 1.82) is 0 Å². The summed E-state index contributed by atoms with van der Waals surface area (Å²) >= 11 is 1.74. The van der Waals surface area contributed by atoms with E-state index in [-0.39, 0.29) is 5.92 Å². The molecule has 112 valence electrons. The van der Waals surface area contributed by atoms with E-state index in [4.69, 9.17) is 0 Å². The average molecular weight is 293 g/mol. The molecule has 2 rings (SSSR count). The van der Waals surface area contributed by atoms with Crippen molar-refractivity contribution in [2.24, 2.45) is 17.3 Å². The molecule has 1 aromatic heterocycles. The molecule has 20 heavy (non-hydrogen) atoms. The van der Waals surface area contributed by atoms with Gasteiger partial charge < -0.3 is 4.90 Å². The Kier molecular flexibility index (Phi) is 5.03. The van der Waals surface area contributed by atoms with E-state index in [0.717, 1.165) is 32.4 Å². The minimum absolute atomic E-state index is 0.233. The van der Waals surface area contributed by atoms with Crippen LogP contribution in [0.1, 0.15) is 45.6 Å². The maximum absolute atomic E-state index is 12.2. The number of Topliss-reactive ketones (excluding diaryl/α,β-unsaturated/α-hetero) is 1. The van der Waals surface area contributed by atoms with Crippen LogP contribution in [0.5, 0.6) is 0 Å². The van der Waals surface area contributed by atoms with Gasteiger partial charge in [-0.15, -0.1) is 0 Å². The first-order chi connectivity index (χ1) is 9.36. The molecule has 1 aromatic rings. The first-order valence-corrected chi connectivity index (χ1v) is 8.53. The zero-order valence-electron chi connectivity index (χ0n) is 13.2. The lowest BCUT2D eigenvalue weighted by Crippen LogP contribution is -2.37. The molecule has 3 heteroatoms. The van der Waals surface area contributed by atoms with Gasteiger partial charge in [0.1, 0.15) is 5.78 Å². The Bertz CT molecular complexity index is 432. The van der Waals surface area contributed by atoms with Crippen LogP contribution in [0, 0.1) is 17.3 Å². The topological polar surface area (TPSA) is 20.3 Å². The molecule has 0 aliphatic heterocycles. The predicted molar refractivity (Wildman–Crippen MR) is 85.9 cm³/mol. The number of hydrogen-bond acceptors (Lipinski definition) is 3. The molecular formula is C17H27NOS. The molecule has 0 saturated heterocycles. The van der Waals surface area contributed by atoms with Crippen LogP contribution < -0.4 is 0 Å². The quantitative estimate of drug-likeness (QED) is 0.828. The molecule has 1 fully saturated rings. The smallest absolute Gasteiger partial charge is 0.137 e. The summed E-state index contributed by atoms with van der Waals surface area (Å²) < 4.78 is 0. The zero-order valence-corrected chi connectivity index (χ0v) is 14.0. The van der Waals surface area contributed by atoms with Gasteiger partial charge in [-0.05, 0) is 53.6 Å². The van der Waals surface area contributed by atoms with E-state index in [1.165, 1.54) is 5.56 Å². The zero-order chi connectivity index (χ0) is 14.8. The highest BCUT2D eigenvalue weighted by atomic mass is 32.1. The summed E-state index contributed by atoms with van der Waals surface area (Å²) in [6.07, 6.45) is 2.92. The minimum Gasteiger partial charge on any atom is -0.301 e. The first kappa shape index (κ1) is 15.7. The maximum Gasteiger partial charge on any atom is 0.137 e. The van der Waals surface area contributed by atoms with Gasteiger partial charge in [-0.1, -0.05) is 20.8 Å². The van der Waals surface area contributed by atoms with Crippen molar-refractivity contribution in [3.8, 4) is 0 Å². The standard InChI is InChI=1S/C17H27NOS/c1-17(2,3)15-5-6-16(19)14(9-15)11-18(4)10-13-7-8-20-12-13/h7-8,12,14-15H,5-6,9-11H2,1-4H3. The van der Waals surface area contributed by atoms with Crippen molar-refractivity contribution >= 4 is 17.1 Å². The Balaban J connectivity index is 1.91. The molecule has 0 aromatic carbocycles. The van der Waals surface area contributed by atoms with Crippen molar-refractivity contribution in [2.75, 3.05) is 13.6 Å². The molecule has 1 saturated carbocycles. The highest BCUT2D eigenvalue weighted by Crippen LogP contribution is 2.39. The predicted octanol–water partition coefficient (Wildman–Crippen LogP) is 4.21. The second-order valence-electron chi connectivity index (χ2n) is 7.33. The molecule has 0 spiro atoms. The van der Waals surface area contributed by atoms with Gasteiger partial charge in [-0.25, -0.2) is 0 Å². The second-order valence-corrected chi connectivity index (χ2v) is 8.11. The van der Waals surface area contributed by atoms with Gasteiger partial charge in [0.25, 0.3) is 0 Å². The lowest BCUT2D eigenvalue weighted by atomic mass is 9.68. The van der Waals surface area contributed by atoms with Gasteiger partial charge in [0.2, 0.25) is 0 Å². The number of hydrogen-bond donors (Lipinski definition) is 0. The van der Waals surface area contributed by atoms with E-state index in [1.807, 2.05) is 0 Å². The van der Waals surface area contributed by atoms with Crippen LogP contribution in [0.2, 0.25) is 0 Å². The Morgan fingerprint density at radius 2 is 2.15 bits per heavy atom. The SMILES string of the molecule is CN(Cc1ccsc1)CC1CC(C(C)(C)C)CCC1=O. The van der Waals surface area contributed by atoms with Crippen LogP contribution >= 0.6 is 11.3 Å². The van der Waals surface area contributed by atoms with E-state index < -0.39 is 0 Å². The largest absolute Gasteiger partial charge is 0.301 e. The third kappa shape index (κ3) is 4.16. The van der Waals surface area contributed by atoms with Crippen molar-refractivity contribution in [1.82, 2.24) is 4.90 Å². The summed E-state index contributed by atoms with van der Waals surface area (Å²) in [6.45, 7) is 8.77. The number of carbonyl (C=O) groups is 1. The van der Waals surface area contributed by atoms with Crippen molar-refractivity contribution in [3.05, 3.63) is 22.4 Å². The highest BCUT2D eigenvalue weighted by molar-refractivity contribution is 7.07. The molecule has 0 N–H and O–H groups in total. The molecule has 0 bridgehead atoms. The summed E-state index contributed by atoms with van der Waals surface area (Å²) in [5.74, 6) is 1.39. The fraction of sp³-hybridized carbons (Fsp3) is 0.706. The van der Waals surface area contributed by atoms with Crippen LogP contribution in [0.25, 0.3) is 0 Å². The fourth-order valence-electron chi connectivity index (χ4n) is 3.21. The summed E-state index contributed by atoms with van der Waals surface area (Å²) in [5, 5.41) is 4.31. The lowest BCUT2D eigenvalue weighted by Gasteiger charge is -2.38. The van der Waals surface area contributed by atoms with Crippen LogP contribution in [0.4, 0.5) is 0 Å². The molecule has 1 heterocycles. The number of thiophene rings is 1. The monoisotopic (exact) mass is 293 g/mol. The number of ketones is 1. The third-order valence-electron chi connectivity index (χ3n) is 4.55. The van der Waals surface area contributed by atoms with Crippen molar-refractivity contribution in [2.45, 2.75) is 46.6 Å². The fourth-order valence-corrected chi connectivity index (χ4v) is 3.87. The van der Waals surface area contributed by atoms with Crippen LogP contribution in [-0.2, 0) is 11.3 Å². The molecule has 1 aliphatic rings. The van der Waals surface area contributed by atoms with Crippen LogP contribution in [0.15, 0.2) is 16.8 Å². The molecule has 1 aliphatic carbocycles. The summed E-state index contributed by atoms with van der Waals surface area (Å²) in [7, 11) is 2.13. The normalized spacial score (nSPS) is 24.4. The lowest BCUT2D eigenvalue weighted by molar-refractivity contribution is -0.127. The highest BCUT2D eigenvalue weighted by Gasteiger charge is 2.35. The van der Waals surface area contributed by atoms with E-state index in [0.29, 0.717) is 17.1 Å². The summed E-state index contributed by atoms with van der Waals surface area (Å²) in [5.41, 5.74) is 1.68. The number of nitrogens with zero attached hydrogens (tertiary/aromatic N) is 1. The van der Waals surface area contributed by atoms with Crippen molar-refractivity contribution in [3.63, 3.8) is 0 Å². The van der Waals surface area contributed by atoms with Gasteiger partial charge in [0.05, 0.1) is 0 Å². The van der Waals surface area contributed by atoms with Crippen LogP contribution in [0.3, 0.4) is 0 Å². The molecule has 0 amide bonds. The van der Waals surface area contributed by atoms with Gasteiger partial charge in [0, 0.05) is 25.4 Å². The maximum atomic E-state index is 12.2. The van der Waals surface area contributed by atoms with E-state index in [9.17, 15) is 4.79 Å². The first-order valence-electron chi connectivity index (χ1n) is 7.58. The molecular weight excluding hydrogens is 266 g/mol. The Labute approximate surface area is 127 Å². The van der Waals surface area contributed by atoms with E-state index in [1.54, 1.807) is 11.3 Å². The van der Waals surface area contributed by atoms with Gasteiger partial charge in [0.15, 0.2) is 0 Å².